The van der Waals surface area contributed by atoms with E-state index in [9.17, 15) is 21.6 Å². The first kappa shape index (κ1) is 30.2. The number of hydrogen-bond donors (Lipinski definition) is 0. The summed E-state index contributed by atoms with van der Waals surface area (Å²) in [6.45, 7) is 2.18. The molecular weight excluding hydrogens is 534 g/mol. The molecule has 0 aliphatic carbocycles. The second-order valence-corrected chi connectivity index (χ2v) is 12.5. The van der Waals surface area contributed by atoms with Crippen molar-refractivity contribution in [3.63, 3.8) is 0 Å². The Balaban J connectivity index is 0.00000481. The highest BCUT2D eigenvalue weighted by Gasteiger charge is 2.21. The van der Waals surface area contributed by atoms with E-state index in [2.05, 4.69) is 4.98 Å². The fourth-order valence-corrected chi connectivity index (χ4v) is 5.19. The average molecular weight is 564 g/mol. The smallest absolute Gasteiger partial charge is 0.250 e. The molecule has 0 radical (unpaired) electrons. The third kappa shape index (κ3) is 7.96. The minimum absolute atomic E-state index is 0. The van der Waals surface area contributed by atoms with E-state index < -0.39 is 19.9 Å². The second kappa shape index (κ2) is 12.5. The zero-order chi connectivity index (χ0) is 26.5. The third-order valence-corrected chi connectivity index (χ3v) is 8.62. The standard InChI is InChI=1S/C26H29N3O5S2.ClH/c1-20-6-5-7-22(27-20)18-19-28(2)36(33,34)25-15-11-23(12-16-25)29(3)26(30)17-10-21-8-13-24(14-9-21)35(4,31)32;/h5-17H,18-19H2,1-4H3;1H/b17-10+;. The summed E-state index contributed by atoms with van der Waals surface area (Å²) >= 11 is 0. The second-order valence-electron chi connectivity index (χ2n) is 8.41. The van der Waals surface area contributed by atoms with Crippen LogP contribution in [-0.4, -0.2) is 58.9 Å². The zero-order valence-electron chi connectivity index (χ0n) is 21.0. The molecule has 0 aliphatic heterocycles. The summed E-state index contributed by atoms with van der Waals surface area (Å²) in [4.78, 5) is 18.7. The van der Waals surface area contributed by atoms with Crippen molar-refractivity contribution in [2.45, 2.75) is 23.1 Å². The van der Waals surface area contributed by atoms with E-state index in [0.29, 0.717) is 17.7 Å². The first-order chi connectivity index (χ1) is 16.9. The van der Waals surface area contributed by atoms with Gasteiger partial charge in [-0.15, -0.1) is 12.4 Å². The topological polar surface area (TPSA) is 105 Å². The molecule has 3 aromatic rings. The summed E-state index contributed by atoms with van der Waals surface area (Å²) < 4.78 is 50.3. The molecule has 0 N–H and O–H groups in total. The Morgan fingerprint density at radius 3 is 2.05 bits per heavy atom. The van der Waals surface area contributed by atoms with Crippen LogP contribution in [0.2, 0.25) is 0 Å². The van der Waals surface area contributed by atoms with Gasteiger partial charge < -0.3 is 4.90 Å². The molecule has 3 rings (SSSR count). The van der Waals surface area contributed by atoms with Gasteiger partial charge in [0.15, 0.2) is 9.84 Å². The Morgan fingerprint density at radius 2 is 1.49 bits per heavy atom. The van der Waals surface area contributed by atoms with Crippen LogP contribution in [0, 0.1) is 6.92 Å². The highest BCUT2D eigenvalue weighted by molar-refractivity contribution is 7.90. The molecule has 0 saturated heterocycles. The molecule has 0 aliphatic rings. The number of benzene rings is 2. The van der Waals surface area contributed by atoms with E-state index in [1.54, 1.807) is 37.4 Å². The lowest BCUT2D eigenvalue weighted by molar-refractivity contribution is -0.113. The molecule has 37 heavy (non-hydrogen) atoms. The monoisotopic (exact) mass is 563 g/mol. The molecule has 8 nitrogen and oxygen atoms in total. The van der Waals surface area contributed by atoms with Gasteiger partial charge in [-0.25, -0.2) is 21.1 Å². The van der Waals surface area contributed by atoms with Crippen LogP contribution < -0.4 is 4.90 Å². The van der Waals surface area contributed by atoms with Crippen LogP contribution in [-0.2, 0) is 31.1 Å². The van der Waals surface area contributed by atoms with Crippen molar-refractivity contribution in [2.75, 3.05) is 31.8 Å². The summed E-state index contributed by atoms with van der Waals surface area (Å²) in [5, 5.41) is 0. The molecule has 2 aromatic carbocycles. The minimum Gasteiger partial charge on any atom is -0.312 e. The lowest BCUT2D eigenvalue weighted by atomic mass is 10.2. The molecule has 198 valence electrons. The van der Waals surface area contributed by atoms with E-state index in [-0.39, 0.29) is 34.6 Å². The number of pyridine rings is 1. The lowest BCUT2D eigenvalue weighted by Crippen LogP contribution is -2.29. The predicted molar refractivity (Wildman–Crippen MR) is 148 cm³/mol. The van der Waals surface area contributed by atoms with Gasteiger partial charge in [-0.3, -0.25) is 9.78 Å². The number of amides is 1. The average Bonchev–Trinajstić information content (AvgIpc) is 2.85. The molecule has 0 bridgehead atoms. The van der Waals surface area contributed by atoms with Crippen molar-refractivity contribution >= 4 is 49.9 Å². The van der Waals surface area contributed by atoms with Gasteiger partial charge in [0.05, 0.1) is 9.79 Å². The van der Waals surface area contributed by atoms with E-state index in [4.69, 9.17) is 0 Å². The molecule has 0 atom stereocenters. The number of carbonyl (C=O) groups excluding carboxylic acids is 1. The molecule has 1 aromatic heterocycles. The lowest BCUT2D eigenvalue weighted by Gasteiger charge is -2.19. The number of anilines is 1. The zero-order valence-corrected chi connectivity index (χ0v) is 23.5. The quantitative estimate of drug-likeness (QED) is 0.367. The number of aromatic nitrogens is 1. The molecule has 0 fully saturated rings. The Bertz CT molecular complexity index is 1470. The van der Waals surface area contributed by atoms with Gasteiger partial charge in [0.1, 0.15) is 0 Å². The van der Waals surface area contributed by atoms with Crippen molar-refractivity contribution < 1.29 is 21.6 Å². The van der Waals surface area contributed by atoms with Crippen LogP contribution in [0.5, 0.6) is 0 Å². The predicted octanol–water partition coefficient (Wildman–Crippen LogP) is 3.75. The maximum absolute atomic E-state index is 13.0. The highest BCUT2D eigenvalue weighted by Crippen LogP contribution is 2.20. The number of rotatable bonds is 9. The van der Waals surface area contributed by atoms with Crippen molar-refractivity contribution in [3.05, 3.63) is 89.8 Å². The summed E-state index contributed by atoms with van der Waals surface area (Å²) in [5.74, 6) is -0.319. The molecule has 0 unspecified atom stereocenters. The van der Waals surface area contributed by atoms with Crippen LogP contribution in [0.4, 0.5) is 5.69 Å². The maximum atomic E-state index is 13.0. The van der Waals surface area contributed by atoms with Gasteiger partial charge in [-0.2, -0.15) is 0 Å². The number of carbonyl (C=O) groups is 1. The number of hydrogen-bond acceptors (Lipinski definition) is 6. The van der Waals surface area contributed by atoms with Crippen LogP contribution >= 0.6 is 12.4 Å². The van der Waals surface area contributed by atoms with E-state index in [0.717, 1.165) is 17.6 Å². The molecule has 1 amide bonds. The Kier molecular flexibility index (Phi) is 10.2. The number of halogens is 1. The molecule has 0 saturated carbocycles. The van der Waals surface area contributed by atoms with Gasteiger partial charge >= 0.3 is 0 Å². The van der Waals surface area contributed by atoms with Crippen LogP contribution in [0.15, 0.2) is 82.6 Å². The summed E-state index contributed by atoms with van der Waals surface area (Å²) in [5.41, 5.74) is 2.91. The molecule has 11 heteroatoms. The molecule has 1 heterocycles. The van der Waals surface area contributed by atoms with Crippen molar-refractivity contribution in [3.8, 4) is 0 Å². The van der Waals surface area contributed by atoms with Crippen molar-refractivity contribution in [1.29, 1.82) is 0 Å². The van der Waals surface area contributed by atoms with Crippen LogP contribution in [0.25, 0.3) is 6.08 Å². The van der Waals surface area contributed by atoms with Gasteiger partial charge in [-0.1, -0.05) is 18.2 Å². The number of nitrogens with zero attached hydrogens (tertiary/aromatic N) is 3. The van der Waals surface area contributed by atoms with Crippen molar-refractivity contribution in [2.24, 2.45) is 0 Å². The van der Waals surface area contributed by atoms with Gasteiger partial charge in [-0.05, 0) is 67.1 Å². The Labute approximate surface area is 225 Å². The highest BCUT2D eigenvalue weighted by atomic mass is 35.5. The van der Waals surface area contributed by atoms with E-state index in [1.807, 2.05) is 25.1 Å². The first-order valence-corrected chi connectivity index (χ1v) is 14.5. The molecule has 0 spiro atoms. The number of sulfone groups is 1. The number of aryl methyl sites for hydroxylation is 1. The normalized spacial score (nSPS) is 11.9. The van der Waals surface area contributed by atoms with E-state index >= 15 is 0 Å². The van der Waals surface area contributed by atoms with Crippen LogP contribution in [0.1, 0.15) is 17.0 Å². The van der Waals surface area contributed by atoms with Gasteiger partial charge in [0.25, 0.3) is 5.91 Å². The summed E-state index contributed by atoms with van der Waals surface area (Å²) in [6, 6.07) is 18.0. The number of sulfonamides is 1. The minimum atomic E-state index is -3.70. The Hall–Kier alpha value is -3.05. The Morgan fingerprint density at radius 1 is 0.892 bits per heavy atom. The van der Waals surface area contributed by atoms with Gasteiger partial charge in [0, 0.05) is 56.5 Å². The first-order valence-electron chi connectivity index (χ1n) is 11.1. The fraction of sp³-hybridized carbons (Fsp3) is 0.231. The fourth-order valence-electron chi connectivity index (χ4n) is 3.39. The SMILES string of the molecule is Cc1cccc(CCN(C)S(=O)(=O)c2ccc(N(C)C(=O)/C=C/c3ccc(S(C)(=O)=O)cc3)cc2)n1.Cl. The maximum Gasteiger partial charge on any atom is 0.250 e. The molecular formula is C26H30ClN3O5S2. The van der Waals surface area contributed by atoms with E-state index in [1.165, 1.54) is 46.6 Å². The number of likely N-dealkylation sites (N-methyl/N-ethyl adjacent to an activating group) is 2. The van der Waals surface area contributed by atoms with Crippen LogP contribution in [0.3, 0.4) is 0 Å². The third-order valence-electron chi connectivity index (χ3n) is 5.62. The summed E-state index contributed by atoms with van der Waals surface area (Å²) in [7, 11) is -3.87. The van der Waals surface area contributed by atoms with Crippen molar-refractivity contribution in [1.82, 2.24) is 9.29 Å². The summed E-state index contributed by atoms with van der Waals surface area (Å²) in [6.07, 6.45) is 4.58. The largest absolute Gasteiger partial charge is 0.312 e. The van der Waals surface area contributed by atoms with Gasteiger partial charge in [0.2, 0.25) is 10.0 Å².